The van der Waals surface area contributed by atoms with Gasteiger partial charge in [0, 0.05) is 26.8 Å². The Morgan fingerprint density at radius 1 is 1.79 bits per heavy atom. The lowest BCUT2D eigenvalue weighted by molar-refractivity contribution is 0.0801. The molecule has 1 rings (SSSR count). The third-order valence-corrected chi connectivity index (χ3v) is 1.99. The fraction of sp³-hybridized carbons (Fsp3) is 0.300. The van der Waals surface area contributed by atoms with Crippen molar-refractivity contribution < 1.29 is 4.79 Å². The Bertz CT molecular complexity index is 354. The molecule has 0 aliphatic heterocycles. The summed E-state index contributed by atoms with van der Waals surface area (Å²) in [6, 6.07) is 1.67. The molecule has 14 heavy (non-hydrogen) atoms. The first kappa shape index (κ1) is 10.4. The second kappa shape index (κ2) is 4.00. The predicted octanol–water partition coefficient (Wildman–Crippen LogP) is 0.865. The number of carbonyl (C=O) groups is 1. The molecule has 2 N–H and O–H groups in total. The summed E-state index contributed by atoms with van der Waals surface area (Å²) in [7, 11) is 3.53. The van der Waals surface area contributed by atoms with Gasteiger partial charge in [-0.3, -0.25) is 4.79 Å². The summed E-state index contributed by atoms with van der Waals surface area (Å²) in [6.07, 6.45) is 3.40. The van der Waals surface area contributed by atoms with E-state index in [1.807, 2.05) is 0 Å². The minimum atomic E-state index is -0.0518. The maximum absolute atomic E-state index is 11.8. The monoisotopic (exact) mass is 193 g/mol. The number of nitrogens with two attached hydrogens (primary N) is 1. The zero-order valence-corrected chi connectivity index (χ0v) is 8.53. The lowest BCUT2D eigenvalue weighted by Gasteiger charge is -2.14. The molecule has 4 nitrogen and oxygen atoms in total. The van der Waals surface area contributed by atoms with Crippen molar-refractivity contribution in [3.63, 3.8) is 0 Å². The first-order chi connectivity index (χ1) is 6.56. The van der Waals surface area contributed by atoms with Crippen molar-refractivity contribution in [2.45, 2.75) is 0 Å². The number of nitrogen functional groups attached to an aromatic ring is 1. The van der Waals surface area contributed by atoms with Gasteiger partial charge >= 0.3 is 0 Å². The molecule has 1 aromatic heterocycles. The maximum Gasteiger partial charge on any atom is 0.270 e. The average molecular weight is 193 g/mol. The van der Waals surface area contributed by atoms with Gasteiger partial charge in [-0.15, -0.1) is 6.58 Å². The van der Waals surface area contributed by atoms with E-state index in [1.54, 1.807) is 41.9 Å². The van der Waals surface area contributed by atoms with Crippen LogP contribution in [0.25, 0.3) is 0 Å². The number of hydrogen-bond donors (Lipinski definition) is 1. The molecule has 0 saturated heterocycles. The van der Waals surface area contributed by atoms with Gasteiger partial charge in [-0.2, -0.15) is 0 Å². The third kappa shape index (κ3) is 1.96. The number of amides is 1. The molecule has 76 valence electrons. The van der Waals surface area contributed by atoms with Crippen molar-refractivity contribution in [1.82, 2.24) is 9.47 Å². The third-order valence-electron chi connectivity index (χ3n) is 1.99. The van der Waals surface area contributed by atoms with Gasteiger partial charge < -0.3 is 15.2 Å². The van der Waals surface area contributed by atoms with Crippen molar-refractivity contribution in [3.8, 4) is 0 Å². The van der Waals surface area contributed by atoms with E-state index in [0.717, 1.165) is 0 Å². The Morgan fingerprint density at radius 2 is 2.43 bits per heavy atom. The van der Waals surface area contributed by atoms with Crippen LogP contribution in [0, 0.1) is 0 Å². The molecule has 0 aliphatic carbocycles. The number of aryl methyl sites for hydroxylation is 1. The quantitative estimate of drug-likeness (QED) is 0.724. The highest BCUT2D eigenvalue weighted by Crippen LogP contribution is 2.10. The number of nitrogens with zero attached hydrogens (tertiary/aromatic N) is 2. The van der Waals surface area contributed by atoms with Crippen molar-refractivity contribution in [3.05, 3.63) is 30.6 Å². The van der Waals surface area contributed by atoms with E-state index in [2.05, 4.69) is 6.58 Å². The van der Waals surface area contributed by atoms with E-state index in [-0.39, 0.29) is 5.91 Å². The number of carbonyl (C=O) groups excluding carboxylic acids is 1. The van der Waals surface area contributed by atoms with E-state index < -0.39 is 0 Å². The molecule has 1 amide bonds. The zero-order chi connectivity index (χ0) is 10.7. The van der Waals surface area contributed by atoms with Crippen LogP contribution in [-0.2, 0) is 7.05 Å². The molecule has 0 spiro atoms. The molecule has 0 unspecified atom stereocenters. The molecule has 4 heteroatoms. The summed E-state index contributed by atoms with van der Waals surface area (Å²) in [5.41, 5.74) is 6.77. The lowest BCUT2D eigenvalue weighted by atomic mass is 10.3. The number of hydrogen-bond acceptors (Lipinski definition) is 2. The van der Waals surface area contributed by atoms with Crippen LogP contribution in [0.4, 0.5) is 5.69 Å². The summed E-state index contributed by atoms with van der Waals surface area (Å²) in [6.45, 7) is 4.11. The number of aromatic nitrogens is 1. The smallest absolute Gasteiger partial charge is 0.270 e. The molecular formula is C10H15N3O. The van der Waals surface area contributed by atoms with E-state index in [1.165, 1.54) is 0 Å². The molecule has 0 aliphatic rings. The lowest BCUT2D eigenvalue weighted by Crippen LogP contribution is -2.28. The van der Waals surface area contributed by atoms with Gasteiger partial charge in [-0.25, -0.2) is 0 Å². The van der Waals surface area contributed by atoms with Crippen LogP contribution < -0.4 is 5.73 Å². The minimum absolute atomic E-state index is 0.0518. The molecule has 1 heterocycles. The molecular weight excluding hydrogens is 178 g/mol. The Balaban J connectivity index is 2.88. The van der Waals surface area contributed by atoms with Gasteiger partial charge in [-0.1, -0.05) is 6.08 Å². The summed E-state index contributed by atoms with van der Waals surface area (Å²) >= 11 is 0. The van der Waals surface area contributed by atoms with Crippen LogP contribution in [0.3, 0.4) is 0 Å². The van der Waals surface area contributed by atoms with Gasteiger partial charge in [0.15, 0.2) is 0 Å². The highest BCUT2D eigenvalue weighted by Gasteiger charge is 2.14. The summed E-state index contributed by atoms with van der Waals surface area (Å²) in [5.74, 6) is -0.0518. The highest BCUT2D eigenvalue weighted by atomic mass is 16.2. The Morgan fingerprint density at radius 3 is 2.86 bits per heavy atom. The SMILES string of the molecule is C=CCN(C)C(=O)c1cc(N)cn1C. The van der Waals surface area contributed by atoms with Crippen molar-refractivity contribution in [2.24, 2.45) is 7.05 Å². The van der Waals surface area contributed by atoms with Crippen molar-refractivity contribution in [2.75, 3.05) is 19.3 Å². The van der Waals surface area contributed by atoms with E-state index in [4.69, 9.17) is 5.73 Å². The van der Waals surface area contributed by atoms with E-state index >= 15 is 0 Å². The van der Waals surface area contributed by atoms with Crippen LogP contribution in [0.15, 0.2) is 24.9 Å². The second-order valence-corrected chi connectivity index (χ2v) is 3.24. The fourth-order valence-corrected chi connectivity index (χ4v) is 1.27. The highest BCUT2D eigenvalue weighted by molar-refractivity contribution is 5.93. The van der Waals surface area contributed by atoms with Gasteiger partial charge in [0.25, 0.3) is 5.91 Å². The van der Waals surface area contributed by atoms with Gasteiger partial charge in [0.2, 0.25) is 0 Å². The Hall–Kier alpha value is -1.71. The number of likely N-dealkylation sites (N-methyl/N-ethyl adjacent to an activating group) is 1. The maximum atomic E-state index is 11.8. The molecule has 0 radical (unpaired) electrons. The van der Waals surface area contributed by atoms with E-state index in [0.29, 0.717) is 17.9 Å². The van der Waals surface area contributed by atoms with Crippen LogP contribution in [0.2, 0.25) is 0 Å². The Kier molecular flexibility index (Phi) is 2.96. The van der Waals surface area contributed by atoms with Gasteiger partial charge in [0.1, 0.15) is 5.69 Å². The largest absolute Gasteiger partial charge is 0.397 e. The van der Waals surface area contributed by atoms with Crippen LogP contribution in [-0.4, -0.2) is 29.0 Å². The molecule has 0 bridgehead atoms. The van der Waals surface area contributed by atoms with Crippen LogP contribution in [0.5, 0.6) is 0 Å². The molecule has 0 saturated carbocycles. The summed E-state index contributed by atoms with van der Waals surface area (Å²) in [5, 5.41) is 0. The first-order valence-electron chi connectivity index (χ1n) is 4.34. The number of rotatable bonds is 3. The summed E-state index contributed by atoms with van der Waals surface area (Å²) < 4.78 is 1.72. The predicted molar refractivity (Wildman–Crippen MR) is 57.0 cm³/mol. The standard InChI is InChI=1S/C10H15N3O/c1-4-5-12(2)10(14)9-6-8(11)7-13(9)3/h4,6-7H,1,5,11H2,2-3H3. The van der Waals surface area contributed by atoms with Crippen molar-refractivity contribution >= 4 is 11.6 Å². The summed E-state index contributed by atoms with van der Waals surface area (Å²) in [4.78, 5) is 13.4. The molecule has 0 fully saturated rings. The Labute approximate surface area is 83.6 Å². The van der Waals surface area contributed by atoms with Gasteiger partial charge in [-0.05, 0) is 6.07 Å². The van der Waals surface area contributed by atoms with E-state index in [9.17, 15) is 4.79 Å². The zero-order valence-electron chi connectivity index (χ0n) is 8.53. The molecule has 0 atom stereocenters. The average Bonchev–Trinajstić information content (AvgIpc) is 2.44. The number of anilines is 1. The topological polar surface area (TPSA) is 51.3 Å². The molecule has 0 aromatic carbocycles. The van der Waals surface area contributed by atoms with Crippen LogP contribution >= 0.6 is 0 Å². The second-order valence-electron chi connectivity index (χ2n) is 3.24. The normalized spacial score (nSPS) is 9.86. The van der Waals surface area contributed by atoms with Gasteiger partial charge in [0.05, 0.1) is 5.69 Å². The van der Waals surface area contributed by atoms with Crippen LogP contribution in [0.1, 0.15) is 10.5 Å². The minimum Gasteiger partial charge on any atom is -0.397 e. The first-order valence-corrected chi connectivity index (χ1v) is 4.34. The van der Waals surface area contributed by atoms with Crippen molar-refractivity contribution in [1.29, 1.82) is 0 Å². The fourth-order valence-electron chi connectivity index (χ4n) is 1.27. The molecule has 1 aromatic rings.